The highest BCUT2D eigenvalue weighted by Crippen LogP contribution is 2.39. The molecule has 0 heteroatoms. The Morgan fingerprint density at radius 2 is 1.58 bits per heavy atom. The van der Waals surface area contributed by atoms with Crippen molar-refractivity contribution in [3.05, 3.63) is 49.1 Å². The van der Waals surface area contributed by atoms with Gasteiger partial charge in [-0.05, 0) is 11.5 Å². The molecular formula is C19H36. The largest absolute Gasteiger partial charge is 0.0988 e. The normalized spacial score (nSPS) is 22.6. The Labute approximate surface area is 123 Å². The summed E-state index contributed by atoms with van der Waals surface area (Å²) >= 11 is 0. The zero-order valence-electron chi connectivity index (χ0n) is 14.6. The molecule has 0 bridgehead atoms. The van der Waals surface area contributed by atoms with Gasteiger partial charge in [-0.25, -0.2) is 0 Å². The summed E-state index contributed by atoms with van der Waals surface area (Å²) < 4.78 is 0. The predicted molar refractivity (Wildman–Crippen MR) is 93.5 cm³/mol. The van der Waals surface area contributed by atoms with Gasteiger partial charge in [0.2, 0.25) is 0 Å². The summed E-state index contributed by atoms with van der Waals surface area (Å²) in [6, 6.07) is 0. The van der Waals surface area contributed by atoms with Gasteiger partial charge in [0.1, 0.15) is 0 Å². The van der Waals surface area contributed by atoms with Crippen molar-refractivity contribution in [2.24, 2.45) is 11.3 Å². The van der Waals surface area contributed by atoms with Gasteiger partial charge in [-0.15, -0.1) is 0 Å². The standard InChI is InChI=1S/C12H16.C3H8.2C2H6/c1-5-10(2)12(4)9-7-6-8-11(12)3;1-3-2;2*1-2/h5-9,11H,1-2H2,3-4H3;3H2,1-2H3;2*1-2H3. The maximum Gasteiger partial charge on any atom is 0.0161 e. The van der Waals surface area contributed by atoms with Crippen molar-refractivity contribution in [2.45, 2.75) is 61.8 Å². The topological polar surface area (TPSA) is 0 Å². The van der Waals surface area contributed by atoms with Crippen molar-refractivity contribution in [3.8, 4) is 0 Å². The molecule has 0 aromatic heterocycles. The first-order valence-corrected chi connectivity index (χ1v) is 7.70. The second kappa shape index (κ2) is 15.0. The first-order valence-electron chi connectivity index (χ1n) is 7.70. The molecule has 0 saturated heterocycles. The minimum absolute atomic E-state index is 0.0660. The van der Waals surface area contributed by atoms with E-state index in [2.05, 4.69) is 65.2 Å². The highest BCUT2D eigenvalue weighted by atomic mass is 14.3. The van der Waals surface area contributed by atoms with Crippen molar-refractivity contribution in [3.63, 3.8) is 0 Å². The van der Waals surface area contributed by atoms with Crippen LogP contribution in [-0.4, -0.2) is 0 Å². The van der Waals surface area contributed by atoms with Gasteiger partial charge in [0.05, 0.1) is 0 Å². The fourth-order valence-corrected chi connectivity index (χ4v) is 1.46. The quantitative estimate of drug-likeness (QED) is 0.473. The molecule has 0 saturated carbocycles. The van der Waals surface area contributed by atoms with Gasteiger partial charge >= 0.3 is 0 Å². The Morgan fingerprint density at radius 1 is 1.16 bits per heavy atom. The molecule has 0 heterocycles. The van der Waals surface area contributed by atoms with Crippen LogP contribution in [0.4, 0.5) is 0 Å². The van der Waals surface area contributed by atoms with E-state index in [1.165, 1.54) is 6.42 Å². The van der Waals surface area contributed by atoms with Crippen LogP contribution in [-0.2, 0) is 0 Å². The minimum atomic E-state index is 0.0660. The Balaban J connectivity index is -0.000000313. The SMILES string of the molecule is C=CC(=C)C1(C)C=CC=CC1C.CC.CC.CCC. The van der Waals surface area contributed by atoms with E-state index >= 15 is 0 Å². The zero-order chi connectivity index (χ0) is 15.9. The molecule has 112 valence electrons. The van der Waals surface area contributed by atoms with Gasteiger partial charge in [-0.1, -0.05) is 105 Å². The summed E-state index contributed by atoms with van der Waals surface area (Å²) in [7, 11) is 0. The molecule has 0 radical (unpaired) electrons. The number of allylic oxidation sites excluding steroid dienone is 6. The van der Waals surface area contributed by atoms with Gasteiger partial charge in [0.25, 0.3) is 0 Å². The van der Waals surface area contributed by atoms with Crippen molar-refractivity contribution < 1.29 is 0 Å². The van der Waals surface area contributed by atoms with E-state index in [0.29, 0.717) is 5.92 Å². The second-order valence-electron chi connectivity index (χ2n) is 4.25. The Bertz CT molecular complexity index is 268. The third-order valence-electron chi connectivity index (χ3n) is 2.84. The lowest BCUT2D eigenvalue weighted by molar-refractivity contribution is 0.402. The smallest absolute Gasteiger partial charge is 0.0161 e. The zero-order valence-corrected chi connectivity index (χ0v) is 14.6. The van der Waals surface area contributed by atoms with Crippen molar-refractivity contribution in [1.82, 2.24) is 0 Å². The fourth-order valence-electron chi connectivity index (χ4n) is 1.46. The van der Waals surface area contributed by atoms with Crippen molar-refractivity contribution >= 4 is 0 Å². The highest BCUT2D eigenvalue weighted by Gasteiger charge is 2.29. The lowest BCUT2D eigenvalue weighted by Gasteiger charge is -2.33. The molecule has 0 spiro atoms. The highest BCUT2D eigenvalue weighted by molar-refractivity contribution is 5.33. The summed E-state index contributed by atoms with van der Waals surface area (Å²) in [5, 5.41) is 0. The molecule has 0 aromatic carbocycles. The number of hydrogen-bond donors (Lipinski definition) is 0. The maximum atomic E-state index is 4.02. The predicted octanol–water partition coefficient (Wildman–Crippen LogP) is 6.97. The molecule has 2 unspecified atom stereocenters. The van der Waals surface area contributed by atoms with Crippen LogP contribution in [0.2, 0.25) is 0 Å². The van der Waals surface area contributed by atoms with E-state index in [1.807, 2.05) is 33.8 Å². The lowest BCUT2D eigenvalue weighted by Crippen LogP contribution is -2.24. The van der Waals surface area contributed by atoms with E-state index in [0.717, 1.165) is 5.57 Å². The van der Waals surface area contributed by atoms with Crippen LogP contribution in [0.15, 0.2) is 49.1 Å². The van der Waals surface area contributed by atoms with Crippen LogP contribution in [0.5, 0.6) is 0 Å². The Kier molecular flexibility index (Phi) is 18.2. The molecule has 0 aliphatic heterocycles. The molecule has 1 rings (SSSR count). The van der Waals surface area contributed by atoms with Gasteiger partial charge in [-0.3, -0.25) is 0 Å². The molecule has 0 fully saturated rings. The van der Waals surface area contributed by atoms with Gasteiger partial charge < -0.3 is 0 Å². The molecule has 0 amide bonds. The van der Waals surface area contributed by atoms with E-state index in [1.54, 1.807) is 0 Å². The monoisotopic (exact) mass is 264 g/mol. The van der Waals surface area contributed by atoms with Crippen molar-refractivity contribution in [1.29, 1.82) is 0 Å². The fraction of sp³-hybridized carbons (Fsp3) is 0.579. The Morgan fingerprint density at radius 3 is 1.89 bits per heavy atom. The van der Waals surface area contributed by atoms with Crippen LogP contribution >= 0.6 is 0 Å². The molecule has 1 aliphatic carbocycles. The van der Waals surface area contributed by atoms with Gasteiger partial charge in [-0.2, -0.15) is 0 Å². The van der Waals surface area contributed by atoms with E-state index < -0.39 is 0 Å². The molecule has 2 atom stereocenters. The summed E-state index contributed by atoms with van der Waals surface area (Å²) in [4.78, 5) is 0. The average Bonchev–Trinajstić information content (AvgIpc) is 2.46. The maximum absolute atomic E-state index is 4.02. The van der Waals surface area contributed by atoms with Gasteiger partial charge in [0.15, 0.2) is 0 Å². The van der Waals surface area contributed by atoms with Crippen LogP contribution in [0.3, 0.4) is 0 Å². The number of hydrogen-bond acceptors (Lipinski definition) is 0. The lowest BCUT2D eigenvalue weighted by atomic mass is 9.70. The summed E-state index contributed by atoms with van der Waals surface area (Å²) in [5.74, 6) is 0.507. The van der Waals surface area contributed by atoms with Crippen LogP contribution in [0.1, 0.15) is 61.8 Å². The van der Waals surface area contributed by atoms with E-state index in [9.17, 15) is 0 Å². The third kappa shape index (κ3) is 8.64. The van der Waals surface area contributed by atoms with Gasteiger partial charge in [0, 0.05) is 5.41 Å². The molecular weight excluding hydrogens is 228 g/mol. The Hall–Kier alpha value is -1.04. The van der Waals surface area contributed by atoms with Crippen LogP contribution in [0, 0.1) is 11.3 Å². The molecule has 19 heavy (non-hydrogen) atoms. The number of rotatable bonds is 2. The second-order valence-corrected chi connectivity index (χ2v) is 4.25. The van der Waals surface area contributed by atoms with E-state index in [-0.39, 0.29) is 5.41 Å². The first kappa shape index (κ1) is 23.1. The van der Waals surface area contributed by atoms with E-state index in [4.69, 9.17) is 0 Å². The summed E-state index contributed by atoms with van der Waals surface area (Å²) in [6.45, 7) is 24.4. The first-order chi connectivity index (χ1) is 9.02. The summed E-state index contributed by atoms with van der Waals surface area (Å²) in [5.41, 5.74) is 1.16. The molecule has 0 aromatic rings. The molecule has 0 N–H and O–H groups in total. The average molecular weight is 264 g/mol. The third-order valence-corrected chi connectivity index (χ3v) is 2.84. The summed E-state index contributed by atoms with van der Waals surface area (Å²) in [6.07, 6.45) is 11.7. The van der Waals surface area contributed by atoms with Crippen LogP contribution < -0.4 is 0 Å². The van der Waals surface area contributed by atoms with Crippen LogP contribution in [0.25, 0.3) is 0 Å². The molecule has 1 aliphatic rings. The molecule has 0 nitrogen and oxygen atoms in total. The minimum Gasteiger partial charge on any atom is -0.0988 e. The van der Waals surface area contributed by atoms with Crippen molar-refractivity contribution in [2.75, 3.05) is 0 Å².